The Bertz CT molecular complexity index is 1380. The Hall–Kier alpha value is -2.14. The first-order valence-electron chi connectivity index (χ1n) is 38.2. The lowest BCUT2D eigenvalue weighted by molar-refractivity contribution is -0.161. The van der Waals surface area contributed by atoms with Crippen LogP contribution >= 0.6 is 0 Å². The van der Waals surface area contributed by atoms with Gasteiger partial charge in [0.05, 0.1) is 6.61 Å². The zero-order valence-corrected chi connectivity index (χ0v) is 56.9. The molecule has 0 aromatic rings. The smallest absolute Gasteiger partial charge is 0.306 e. The lowest BCUT2D eigenvalue weighted by Crippen LogP contribution is -2.28. The van der Waals surface area contributed by atoms with Gasteiger partial charge in [0.1, 0.15) is 6.61 Å². The quantitative estimate of drug-likeness (QED) is 0.0373. The van der Waals surface area contributed by atoms with Gasteiger partial charge in [-0.05, 0) is 51.4 Å². The Morgan fingerprint density at radius 3 is 0.774 bits per heavy atom. The summed E-state index contributed by atoms with van der Waals surface area (Å²) in [5.41, 5.74) is 0. The van der Waals surface area contributed by atoms with Crippen molar-refractivity contribution in [2.45, 2.75) is 431 Å². The van der Waals surface area contributed by atoms with E-state index in [4.69, 9.17) is 9.47 Å². The lowest BCUT2D eigenvalue weighted by Gasteiger charge is -2.15. The second kappa shape index (κ2) is 75.1. The molecule has 0 amide bonds. The molecule has 0 aliphatic heterocycles. The number of aliphatic hydroxyl groups is 1. The van der Waals surface area contributed by atoms with Crippen LogP contribution in [0.5, 0.6) is 0 Å². The third-order valence-electron chi connectivity index (χ3n) is 17.6. The second-order valence-corrected chi connectivity index (χ2v) is 26.1. The van der Waals surface area contributed by atoms with E-state index in [1.54, 1.807) is 0 Å². The Morgan fingerprint density at radius 2 is 0.512 bits per heavy atom. The van der Waals surface area contributed by atoms with Crippen molar-refractivity contribution in [1.29, 1.82) is 0 Å². The number of unbranched alkanes of at least 4 members (excludes halogenated alkanes) is 56. The average molecular weight is 1180 g/mol. The van der Waals surface area contributed by atoms with E-state index in [9.17, 15) is 14.7 Å². The van der Waals surface area contributed by atoms with Crippen LogP contribution in [0.15, 0.2) is 48.6 Å². The minimum Gasteiger partial charge on any atom is -0.462 e. The largest absolute Gasteiger partial charge is 0.462 e. The molecule has 0 fully saturated rings. The van der Waals surface area contributed by atoms with E-state index in [2.05, 4.69) is 62.5 Å². The highest BCUT2D eigenvalue weighted by Crippen LogP contribution is 2.20. The monoisotopic (exact) mass is 1180 g/mol. The van der Waals surface area contributed by atoms with Crippen LogP contribution in [0.2, 0.25) is 0 Å². The molecule has 0 saturated heterocycles. The highest BCUT2D eigenvalue weighted by molar-refractivity contribution is 5.70. The molecular weight excluding hydrogens is 1030 g/mol. The fourth-order valence-electron chi connectivity index (χ4n) is 12.0. The van der Waals surface area contributed by atoms with Gasteiger partial charge in [-0.3, -0.25) is 9.59 Å². The molecule has 0 aliphatic rings. The van der Waals surface area contributed by atoms with Crippen LogP contribution in [0.4, 0.5) is 0 Å². The first-order chi connectivity index (χ1) is 41.6. The number of carbonyl (C=O) groups is 2. The summed E-state index contributed by atoms with van der Waals surface area (Å²) in [6.07, 6.45) is 102. The number of rotatable bonds is 72. The van der Waals surface area contributed by atoms with Crippen LogP contribution in [0.1, 0.15) is 425 Å². The van der Waals surface area contributed by atoms with Crippen LogP contribution < -0.4 is 0 Å². The van der Waals surface area contributed by atoms with E-state index >= 15 is 0 Å². The summed E-state index contributed by atoms with van der Waals surface area (Å²) in [5.74, 6) is -0.562. The van der Waals surface area contributed by atoms with Gasteiger partial charge < -0.3 is 14.6 Å². The number of esters is 2. The predicted molar refractivity (Wildman–Crippen MR) is 371 cm³/mol. The zero-order chi connectivity index (χ0) is 60.5. The molecule has 0 rings (SSSR count). The lowest BCUT2D eigenvalue weighted by atomic mass is 10.0. The fourth-order valence-corrected chi connectivity index (χ4v) is 12.0. The number of hydrogen-bond donors (Lipinski definition) is 1. The highest BCUT2D eigenvalue weighted by atomic mass is 16.6. The molecule has 1 unspecified atom stereocenters. The van der Waals surface area contributed by atoms with Gasteiger partial charge in [-0.2, -0.15) is 0 Å². The maximum atomic E-state index is 12.4. The third kappa shape index (κ3) is 72.3. The van der Waals surface area contributed by atoms with Gasteiger partial charge in [-0.15, -0.1) is 0 Å². The Balaban J connectivity index is 3.36. The standard InChI is InChI=1S/C79H148O5/c1-3-5-7-9-11-13-15-17-19-21-23-25-27-29-31-33-35-36-37-38-39-40-41-42-44-46-48-50-52-54-56-58-60-62-64-66-68-70-72-74-79(82)84-77(75-80)76-83-78(81)73-71-69-67-65-63-61-59-57-55-53-51-49-47-45-43-34-32-30-28-26-24-22-20-18-16-14-12-10-8-6-4-2/h5,7,11,13,17,19,23,25,77,80H,3-4,6,8-10,12,14-16,18,20-22,24,26-76H2,1-2H3/b7-5-,13-11-,19-17-,25-23-. The van der Waals surface area contributed by atoms with E-state index in [0.717, 1.165) is 57.8 Å². The first-order valence-corrected chi connectivity index (χ1v) is 38.2. The zero-order valence-electron chi connectivity index (χ0n) is 56.9. The van der Waals surface area contributed by atoms with Gasteiger partial charge >= 0.3 is 11.9 Å². The molecule has 0 aromatic carbocycles. The molecule has 0 heterocycles. The van der Waals surface area contributed by atoms with Crippen molar-refractivity contribution < 1.29 is 24.2 Å². The van der Waals surface area contributed by atoms with E-state index < -0.39 is 6.10 Å². The second-order valence-electron chi connectivity index (χ2n) is 26.1. The average Bonchev–Trinajstić information content (AvgIpc) is 3.51. The van der Waals surface area contributed by atoms with Gasteiger partial charge in [0, 0.05) is 12.8 Å². The summed E-state index contributed by atoms with van der Waals surface area (Å²) in [6.45, 7) is 4.10. The summed E-state index contributed by atoms with van der Waals surface area (Å²) in [4.78, 5) is 24.7. The van der Waals surface area contributed by atoms with Gasteiger partial charge in [0.15, 0.2) is 6.10 Å². The first kappa shape index (κ1) is 81.9. The Kier molecular flexibility index (Phi) is 73.2. The summed E-state index contributed by atoms with van der Waals surface area (Å²) >= 11 is 0. The molecule has 5 heteroatoms. The van der Waals surface area contributed by atoms with Crippen molar-refractivity contribution >= 4 is 11.9 Å². The van der Waals surface area contributed by atoms with E-state index in [0.29, 0.717) is 12.8 Å². The number of carbonyl (C=O) groups excluding carboxylic acids is 2. The van der Waals surface area contributed by atoms with Gasteiger partial charge in [0.2, 0.25) is 0 Å². The molecule has 5 nitrogen and oxygen atoms in total. The Labute approximate surface area is 526 Å². The maximum absolute atomic E-state index is 12.4. The van der Waals surface area contributed by atoms with Crippen molar-refractivity contribution in [3.8, 4) is 0 Å². The molecule has 1 N–H and O–H groups in total. The number of allylic oxidation sites excluding steroid dienone is 8. The van der Waals surface area contributed by atoms with Gasteiger partial charge in [-0.1, -0.05) is 409 Å². The van der Waals surface area contributed by atoms with Gasteiger partial charge in [0.25, 0.3) is 0 Å². The summed E-state index contributed by atoms with van der Waals surface area (Å²) < 4.78 is 10.8. The topological polar surface area (TPSA) is 72.8 Å². The molecule has 0 aliphatic carbocycles. The predicted octanol–water partition coefficient (Wildman–Crippen LogP) is 26.7. The van der Waals surface area contributed by atoms with Crippen molar-refractivity contribution in [3.05, 3.63) is 48.6 Å². The molecule has 1 atom stereocenters. The van der Waals surface area contributed by atoms with E-state index in [1.807, 2.05) is 0 Å². The van der Waals surface area contributed by atoms with Crippen LogP contribution in [-0.2, 0) is 19.1 Å². The van der Waals surface area contributed by atoms with Crippen molar-refractivity contribution in [2.24, 2.45) is 0 Å². The number of hydrogen-bond acceptors (Lipinski definition) is 5. The molecule has 0 bridgehead atoms. The van der Waals surface area contributed by atoms with Crippen LogP contribution in [0.3, 0.4) is 0 Å². The Morgan fingerprint density at radius 1 is 0.286 bits per heavy atom. The minimum atomic E-state index is -0.769. The van der Waals surface area contributed by atoms with Gasteiger partial charge in [-0.25, -0.2) is 0 Å². The molecule has 0 aromatic heterocycles. The van der Waals surface area contributed by atoms with Crippen LogP contribution in [0, 0.1) is 0 Å². The summed E-state index contributed by atoms with van der Waals surface area (Å²) in [6, 6.07) is 0. The van der Waals surface area contributed by atoms with Crippen molar-refractivity contribution in [3.63, 3.8) is 0 Å². The van der Waals surface area contributed by atoms with Crippen LogP contribution in [0.25, 0.3) is 0 Å². The molecule has 84 heavy (non-hydrogen) atoms. The number of ether oxygens (including phenoxy) is 2. The SMILES string of the molecule is CC/C=C\C/C=C\C/C=C\C/C=C\CCCCCCCCCCCCCCCCCCCCCCCCCCCCC(=O)OC(CO)COC(=O)CCCCCCCCCCCCCCCCCCCCCCCCCCCCCCCCC. The highest BCUT2D eigenvalue weighted by Gasteiger charge is 2.16. The minimum absolute atomic E-state index is 0.0580. The van der Waals surface area contributed by atoms with Crippen LogP contribution in [-0.4, -0.2) is 36.4 Å². The van der Waals surface area contributed by atoms with Crippen molar-refractivity contribution in [1.82, 2.24) is 0 Å². The van der Waals surface area contributed by atoms with E-state index in [1.165, 1.54) is 340 Å². The number of aliphatic hydroxyl groups excluding tert-OH is 1. The molecular formula is C79H148O5. The third-order valence-corrected chi connectivity index (χ3v) is 17.6. The molecule has 0 saturated carbocycles. The fraction of sp³-hybridized carbons (Fsp3) is 0.873. The molecule has 0 radical (unpaired) electrons. The molecule has 0 spiro atoms. The van der Waals surface area contributed by atoms with E-state index in [-0.39, 0.29) is 25.2 Å². The molecule has 494 valence electrons. The summed E-state index contributed by atoms with van der Waals surface area (Å²) in [5, 5.41) is 9.72. The van der Waals surface area contributed by atoms with Crippen molar-refractivity contribution in [2.75, 3.05) is 13.2 Å². The summed E-state index contributed by atoms with van der Waals surface area (Å²) in [7, 11) is 0. The maximum Gasteiger partial charge on any atom is 0.306 e. The normalized spacial score (nSPS) is 12.4.